The highest BCUT2D eigenvalue weighted by Gasteiger charge is 2.36. The molecule has 4 nitrogen and oxygen atoms in total. The smallest absolute Gasteiger partial charge is 0.251 e. The van der Waals surface area contributed by atoms with Crippen LogP contribution in [0.3, 0.4) is 0 Å². The van der Waals surface area contributed by atoms with Crippen molar-refractivity contribution >= 4 is 18.3 Å². The number of rotatable bonds is 4. The zero-order valence-electron chi connectivity index (χ0n) is 10.6. The molecule has 1 aliphatic carbocycles. The molecule has 0 saturated heterocycles. The molecule has 0 unspecified atom stereocenters. The molecule has 1 aromatic rings. The average Bonchev–Trinajstić information content (AvgIpc) is 2.33. The molecule has 0 radical (unpaired) electrons. The molecule has 0 aliphatic heterocycles. The Morgan fingerprint density at radius 2 is 2.28 bits per heavy atom. The van der Waals surface area contributed by atoms with Crippen molar-refractivity contribution in [2.45, 2.75) is 44.7 Å². The number of halogens is 1. The van der Waals surface area contributed by atoms with E-state index >= 15 is 0 Å². The first-order chi connectivity index (χ1) is 8.19. The summed E-state index contributed by atoms with van der Waals surface area (Å²) in [5, 5.41) is 3.14. The summed E-state index contributed by atoms with van der Waals surface area (Å²) in [4.78, 5) is 16.2. The summed E-state index contributed by atoms with van der Waals surface area (Å²) in [6.45, 7) is 2.48. The van der Waals surface area contributed by atoms with Crippen molar-refractivity contribution in [1.82, 2.24) is 10.3 Å². The van der Waals surface area contributed by atoms with E-state index in [1.165, 1.54) is 6.42 Å². The topological polar surface area (TPSA) is 68.0 Å². The van der Waals surface area contributed by atoms with Gasteiger partial charge in [-0.1, -0.05) is 6.92 Å². The summed E-state index contributed by atoms with van der Waals surface area (Å²) in [5.41, 5.74) is 6.95. The number of carbonyl (C=O) groups excluding carboxylic acids is 1. The number of amides is 1. The SMILES string of the molecule is CCC1(NC(=O)c2ccnc(CN)c2)CCC1.Cl. The maximum Gasteiger partial charge on any atom is 0.251 e. The van der Waals surface area contributed by atoms with E-state index in [4.69, 9.17) is 5.73 Å². The number of carbonyl (C=O) groups is 1. The molecular formula is C13H20ClN3O. The number of nitrogens with two attached hydrogens (primary N) is 1. The van der Waals surface area contributed by atoms with Crippen molar-refractivity contribution in [2.24, 2.45) is 5.73 Å². The van der Waals surface area contributed by atoms with Crippen molar-refractivity contribution in [3.8, 4) is 0 Å². The second-order valence-electron chi connectivity index (χ2n) is 4.68. The van der Waals surface area contributed by atoms with Gasteiger partial charge in [0.2, 0.25) is 0 Å². The van der Waals surface area contributed by atoms with Crippen LogP contribution in [0.2, 0.25) is 0 Å². The summed E-state index contributed by atoms with van der Waals surface area (Å²) >= 11 is 0. The van der Waals surface area contributed by atoms with E-state index < -0.39 is 0 Å². The van der Waals surface area contributed by atoms with Gasteiger partial charge in [-0.15, -0.1) is 12.4 Å². The van der Waals surface area contributed by atoms with Crippen LogP contribution in [0.4, 0.5) is 0 Å². The summed E-state index contributed by atoms with van der Waals surface area (Å²) in [6, 6.07) is 3.49. The molecule has 2 rings (SSSR count). The zero-order valence-corrected chi connectivity index (χ0v) is 11.4. The Hall–Kier alpha value is -1.13. The van der Waals surface area contributed by atoms with Gasteiger partial charge in [0.15, 0.2) is 0 Å². The lowest BCUT2D eigenvalue weighted by Gasteiger charge is -2.42. The molecule has 100 valence electrons. The molecule has 1 saturated carbocycles. The quantitative estimate of drug-likeness (QED) is 0.879. The predicted molar refractivity (Wildman–Crippen MR) is 73.7 cm³/mol. The van der Waals surface area contributed by atoms with Crippen LogP contribution in [0.1, 0.15) is 48.7 Å². The fourth-order valence-electron chi connectivity index (χ4n) is 2.21. The van der Waals surface area contributed by atoms with E-state index in [1.807, 2.05) is 0 Å². The Morgan fingerprint density at radius 1 is 1.56 bits per heavy atom. The fourth-order valence-corrected chi connectivity index (χ4v) is 2.21. The second-order valence-corrected chi connectivity index (χ2v) is 4.68. The molecule has 1 aromatic heterocycles. The standard InChI is InChI=1S/C13H19N3O.ClH/c1-2-13(5-3-6-13)16-12(17)10-4-7-15-11(8-10)9-14;/h4,7-8H,2-3,5-6,9,14H2,1H3,(H,16,17);1H. The number of nitrogens with zero attached hydrogens (tertiary/aromatic N) is 1. The highest BCUT2D eigenvalue weighted by Crippen LogP contribution is 2.34. The number of hydrogen-bond donors (Lipinski definition) is 2. The highest BCUT2D eigenvalue weighted by atomic mass is 35.5. The van der Waals surface area contributed by atoms with Crippen LogP contribution in [0.15, 0.2) is 18.3 Å². The van der Waals surface area contributed by atoms with E-state index in [2.05, 4.69) is 17.2 Å². The second kappa shape index (κ2) is 6.16. The van der Waals surface area contributed by atoms with Crippen LogP contribution in [-0.4, -0.2) is 16.4 Å². The van der Waals surface area contributed by atoms with Gasteiger partial charge in [0.1, 0.15) is 0 Å². The minimum absolute atomic E-state index is 0. The fraction of sp³-hybridized carbons (Fsp3) is 0.538. The van der Waals surface area contributed by atoms with Crippen molar-refractivity contribution in [2.75, 3.05) is 0 Å². The molecule has 0 atom stereocenters. The van der Waals surface area contributed by atoms with Gasteiger partial charge in [-0.05, 0) is 37.8 Å². The molecule has 0 spiro atoms. The van der Waals surface area contributed by atoms with Crippen LogP contribution in [0.5, 0.6) is 0 Å². The summed E-state index contributed by atoms with van der Waals surface area (Å²) in [7, 11) is 0. The average molecular weight is 270 g/mol. The van der Waals surface area contributed by atoms with Crippen LogP contribution >= 0.6 is 12.4 Å². The maximum absolute atomic E-state index is 12.1. The minimum atomic E-state index is -0.0105. The zero-order chi connectivity index (χ0) is 12.3. The van der Waals surface area contributed by atoms with Gasteiger partial charge in [-0.2, -0.15) is 0 Å². The number of hydrogen-bond acceptors (Lipinski definition) is 3. The first-order valence-corrected chi connectivity index (χ1v) is 6.16. The van der Waals surface area contributed by atoms with Gasteiger partial charge in [-0.3, -0.25) is 9.78 Å². The Labute approximate surface area is 114 Å². The van der Waals surface area contributed by atoms with Crippen molar-refractivity contribution in [3.63, 3.8) is 0 Å². The first-order valence-electron chi connectivity index (χ1n) is 6.16. The van der Waals surface area contributed by atoms with Crippen LogP contribution in [0.25, 0.3) is 0 Å². The normalized spacial score (nSPS) is 16.3. The molecule has 3 N–H and O–H groups in total. The van der Waals surface area contributed by atoms with Crippen molar-refractivity contribution < 1.29 is 4.79 Å². The Kier molecular flexibility index (Phi) is 5.11. The van der Waals surface area contributed by atoms with E-state index in [9.17, 15) is 4.79 Å². The van der Waals surface area contributed by atoms with Crippen molar-refractivity contribution in [1.29, 1.82) is 0 Å². The van der Waals surface area contributed by atoms with Crippen molar-refractivity contribution in [3.05, 3.63) is 29.6 Å². The Bertz CT molecular complexity index is 413. The molecular weight excluding hydrogens is 250 g/mol. The third-order valence-corrected chi connectivity index (χ3v) is 3.65. The number of aromatic nitrogens is 1. The van der Waals surface area contributed by atoms with E-state index in [-0.39, 0.29) is 23.9 Å². The lowest BCUT2D eigenvalue weighted by Crippen LogP contribution is -2.53. The van der Waals surface area contributed by atoms with Crippen LogP contribution in [-0.2, 0) is 6.54 Å². The first kappa shape index (κ1) is 14.9. The van der Waals surface area contributed by atoms with Crippen LogP contribution < -0.4 is 11.1 Å². The lowest BCUT2D eigenvalue weighted by atomic mass is 9.74. The Balaban J connectivity index is 0.00000162. The lowest BCUT2D eigenvalue weighted by molar-refractivity contribution is 0.0820. The third-order valence-electron chi connectivity index (χ3n) is 3.65. The van der Waals surface area contributed by atoms with Gasteiger partial charge >= 0.3 is 0 Å². The molecule has 0 bridgehead atoms. The largest absolute Gasteiger partial charge is 0.347 e. The molecule has 5 heteroatoms. The summed E-state index contributed by atoms with van der Waals surface area (Å²) < 4.78 is 0. The molecule has 1 heterocycles. The van der Waals surface area contributed by atoms with Gasteiger partial charge < -0.3 is 11.1 Å². The predicted octanol–water partition coefficient (Wildman–Crippen LogP) is 2.02. The van der Waals surface area contributed by atoms with Crippen LogP contribution in [0, 0.1) is 0 Å². The minimum Gasteiger partial charge on any atom is -0.347 e. The number of nitrogens with one attached hydrogen (secondary N) is 1. The van der Waals surface area contributed by atoms with Gasteiger partial charge in [0, 0.05) is 23.8 Å². The van der Waals surface area contributed by atoms with Gasteiger partial charge in [0.05, 0.1) is 5.69 Å². The van der Waals surface area contributed by atoms with E-state index in [0.717, 1.165) is 25.0 Å². The molecule has 0 aromatic carbocycles. The molecule has 1 amide bonds. The summed E-state index contributed by atoms with van der Waals surface area (Å²) in [6.07, 6.45) is 6.01. The highest BCUT2D eigenvalue weighted by molar-refractivity contribution is 5.94. The van der Waals surface area contributed by atoms with E-state index in [1.54, 1.807) is 18.3 Å². The number of pyridine rings is 1. The molecule has 1 aliphatic rings. The summed E-state index contributed by atoms with van der Waals surface area (Å²) in [5.74, 6) is -0.0105. The molecule has 1 fully saturated rings. The Morgan fingerprint density at radius 3 is 2.78 bits per heavy atom. The van der Waals surface area contributed by atoms with Gasteiger partial charge in [-0.25, -0.2) is 0 Å². The molecule has 18 heavy (non-hydrogen) atoms. The third kappa shape index (κ3) is 3.00. The van der Waals surface area contributed by atoms with Gasteiger partial charge in [0.25, 0.3) is 5.91 Å². The maximum atomic E-state index is 12.1. The van der Waals surface area contributed by atoms with E-state index in [0.29, 0.717) is 12.1 Å². The monoisotopic (exact) mass is 269 g/mol.